The summed E-state index contributed by atoms with van der Waals surface area (Å²) in [4.78, 5) is 42.1. The van der Waals surface area contributed by atoms with Gasteiger partial charge in [0.05, 0.1) is 18.2 Å². The van der Waals surface area contributed by atoms with E-state index in [4.69, 9.17) is 23.2 Å². The van der Waals surface area contributed by atoms with Crippen LogP contribution in [0.2, 0.25) is 10.0 Å². The number of halogens is 2. The molecular weight excluding hydrogens is 501 g/mol. The first-order chi connectivity index (χ1) is 16.9. The molecule has 9 heteroatoms. The molecule has 3 atom stereocenters. The van der Waals surface area contributed by atoms with Gasteiger partial charge in [-0.15, -0.1) is 0 Å². The highest BCUT2D eigenvalue weighted by molar-refractivity contribution is 6.31. The summed E-state index contributed by atoms with van der Waals surface area (Å²) in [6.45, 7) is 8.71. The molecule has 7 nitrogen and oxygen atoms in total. The van der Waals surface area contributed by atoms with Crippen LogP contribution in [-0.4, -0.2) is 52.5 Å². The minimum Gasteiger partial charge on any atom is -0.394 e. The Labute approximate surface area is 220 Å². The molecule has 0 radical (unpaired) electrons. The summed E-state index contributed by atoms with van der Waals surface area (Å²) in [5, 5.41) is 16.2. The van der Waals surface area contributed by atoms with E-state index >= 15 is 0 Å². The number of hydrogen-bond acceptors (Lipinski definition) is 4. The Morgan fingerprint density at radius 3 is 2.56 bits per heavy atom. The molecule has 0 aliphatic carbocycles. The minimum absolute atomic E-state index is 0.0176. The van der Waals surface area contributed by atoms with Crippen LogP contribution in [-0.2, 0) is 19.8 Å². The number of fused-ring (bicyclic) bond motifs is 2. The Balaban J connectivity index is 1.90. The monoisotopic (exact) mass is 529 g/mol. The smallest absolute Gasteiger partial charge is 0.240 e. The predicted octanol–water partition coefficient (Wildman–Crippen LogP) is 4.03. The average Bonchev–Trinajstić information content (AvgIpc) is 3.06. The highest BCUT2D eigenvalue weighted by Crippen LogP contribution is 2.56. The second-order valence-electron chi connectivity index (χ2n) is 10.2. The van der Waals surface area contributed by atoms with Crippen molar-refractivity contribution in [1.82, 2.24) is 10.2 Å². The second-order valence-corrected chi connectivity index (χ2v) is 11.1. The van der Waals surface area contributed by atoms with Gasteiger partial charge < -0.3 is 20.6 Å². The topological polar surface area (TPSA) is 98.7 Å². The minimum atomic E-state index is -1.27. The lowest BCUT2D eigenvalue weighted by atomic mass is 9.58. The largest absolute Gasteiger partial charge is 0.394 e. The van der Waals surface area contributed by atoms with Gasteiger partial charge in [0.2, 0.25) is 17.7 Å². The van der Waals surface area contributed by atoms with Crippen molar-refractivity contribution in [2.45, 2.75) is 50.1 Å². The fourth-order valence-electron chi connectivity index (χ4n) is 5.53. The summed E-state index contributed by atoms with van der Waals surface area (Å²) in [7, 11) is 0. The van der Waals surface area contributed by atoms with E-state index in [0.717, 1.165) is 5.56 Å². The lowest BCUT2D eigenvalue weighted by Gasteiger charge is -2.51. The number of nitrogens with one attached hydrogen (secondary N) is 2. The lowest BCUT2D eigenvalue weighted by Crippen LogP contribution is -2.65. The van der Waals surface area contributed by atoms with Crippen molar-refractivity contribution in [3.05, 3.63) is 75.8 Å². The van der Waals surface area contributed by atoms with Crippen molar-refractivity contribution in [3.63, 3.8) is 0 Å². The van der Waals surface area contributed by atoms with Gasteiger partial charge in [0.15, 0.2) is 0 Å². The molecule has 1 saturated heterocycles. The Kier molecular flexibility index (Phi) is 6.94. The number of carbonyl (C=O) groups is 3. The molecule has 3 N–H and O–H groups in total. The van der Waals surface area contributed by atoms with Gasteiger partial charge in [0, 0.05) is 28.1 Å². The van der Waals surface area contributed by atoms with E-state index in [1.807, 2.05) is 6.07 Å². The summed E-state index contributed by atoms with van der Waals surface area (Å²) in [5.74, 6) is -1.60. The molecule has 0 aromatic heterocycles. The van der Waals surface area contributed by atoms with Gasteiger partial charge in [-0.2, -0.15) is 0 Å². The molecule has 1 spiro atoms. The zero-order valence-corrected chi connectivity index (χ0v) is 21.9. The summed E-state index contributed by atoms with van der Waals surface area (Å²) in [6, 6.07) is 11.5. The first-order valence-corrected chi connectivity index (χ1v) is 12.4. The van der Waals surface area contributed by atoms with Crippen LogP contribution in [0.3, 0.4) is 0 Å². The number of aliphatic hydroxyl groups excluding tert-OH is 1. The molecule has 2 aliphatic rings. The fraction of sp³-hybridized carbons (Fsp3) is 0.370. The van der Waals surface area contributed by atoms with Crippen molar-refractivity contribution >= 4 is 46.6 Å². The predicted molar refractivity (Wildman–Crippen MR) is 140 cm³/mol. The van der Waals surface area contributed by atoms with Crippen molar-refractivity contribution in [2.24, 2.45) is 0 Å². The molecule has 3 unspecified atom stereocenters. The average molecular weight is 530 g/mol. The van der Waals surface area contributed by atoms with Crippen LogP contribution in [0.5, 0.6) is 0 Å². The number of piperidine rings is 1. The second kappa shape index (κ2) is 9.54. The van der Waals surface area contributed by atoms with Gasteiger partial charge >= 0.3 is 0 Å². The van der Waals surface area contributed by atoms with Crippen LogP contribution in [0.25, 0.3) is 0 Å². The van der Waals surface area contributed by atoms with Gasteiger partial charge in [-0.05, 0) is 56.2 Å². The summed E-state index contributed by atoms with van der Waals surface area (Å²) < 4.78 is 0. The maximum atomic E-state index is 14.0. The number of nitrogens with zero attached hydrogens (tertiary/aromatic N) is 1. The third-order valence-corrected chi connectivity index (χ3v) is 7.42. The third kappa shape index (κ3) is 4.40. The van der Waals surface area contributed by atoms with Gasteiger partial charge in [0.1, 0.15) is 12.0 Å². The highest BCUT2D eigenvalue weighted by Gasteiger charge is 2.63. The Hall–Kier alpha value is -2.87. The molecular formula is C27H29Cl2N3O4. The van der Waals surface area contributed by atoms with Crippen LogP contribution in [0.15, 0.2) is 54.6 Å². The number of hydrogen-bond donors (Lipinski definition) is 3. The highest BCUT2D eigenvalue weighted by atomic mass is 35.5. The van der Waals surface area contributed by atoms with Crippen molar-refractivity contribution in [1.29, 1.82) is 0 Å². The third-order valence-electron chi connectivity index (χ3n) is 6.95. The van der Waals surface area contributed by atoms with Crippen LogP contribution in [0, 0.1) is 0 Å². The van der Waals surface area contributed by atoms with Gasteiger partial charge in [-0.25, -0.2) is 0 Å². The number of anilines is 1. The Bertz CT molecular complexity index is 1260. The summed E-state index contributed by atoms with van der Waals surface area (Å²) >= 11 is 12.6. The zero-order chi connectivity index (χ0) is 26.4. The molecule has 36 heavy (non-hydrogen) atoms. The van der Waals surface area contributed by atoms with Crippen LogP contribution in [0.4, 0.5) is 5.69 Å². The Morgan fingerprint density at radius 1 is 1.22 bits per heavy atom. The number of carbonyl (C=O) groups excluding carboxylic acids is 3. The van der Waals surface area contributed by atoms with Crippen LogP contribution < -0.4 is 10.6 Å². The van der Waals surface area contributed by atoms with Gasteiger partial charge in [-0.1, -0.05) is 53.6 Å². The Morgan fingerprint density at radius 2 is 1.92 bits per heavy atom. The summed E-state index contributed by atoms with van der Waals surface area (Å²) in [5.41, 5.74) is 0.406. The van der Waals surface area contributed by atoms with E-state index in [0.29, 0.717) is 26.9 Å². The van der Waals surface area contributed by atoms with E-state index in [1.54, 1.807) is 57.2 Å². The number of amides is 3. The number of likely N-dealkylation sites (tertiary alicyclic amines) is 1. The van der Waals surface area contributed by atoms with Crippen LogP contribution >= 0.6 is 23.2 Å². The number of rotatable bonds is 6. The normalized spacial score (nSPS) is 23.4. The van der Waals surface area contributed by atoms with Crippen molar-refractivity contribution < 1.29 is 19.5 Å². The van der Waals surface area contributed by atoms with Crippen LogP contribution in [0.1, 0.15) is 44.2 Å². The van der Waals surface area contributed by atoms with E-state index in [9.17, 15) is 19.5 Å². The molecule has 2 aliphatic heterocycles. The SMILES string of the molecule is C=C(C)C1N(CC(=O)NC(C)(C)CO)C(=O)CC(c2cccc(Cl)c2)C12C(=O)Nc1cc(Cl)ccc12. The van der Waals surface area contributed by atoms with Gasteiger partial charge in [0.25, 0.3) is 0 Å². The first-order valence-electron chi connectivity index (χ1n) is 11.6. The zero-order valence-electron chi connectivity index (χ0n) is 20.4. The van der Waals surface area contributed by atoms with Crippen molar-refractivity contribution in [2.75, 3.05) is 18.5 Å². The van der Waals surface area contributed by atoms with E-state index in [-0.39, 0.29) is 31.4 Å². The summed E-state index contributed by atoms with van der Waals surface area (Å²) in [6.07, 6.45) is -0.0176. The molecule has 3 amide bonds. The van der Waals surface area contributed by atoms with Gasteiger partial charge in [-0.3, -0.25) is 14.4 Å². The molecule has 190 valence electrons. The molecule has 1 fully saturated rings. The molecule has 2 heterocycles. The maximum absolute atomic E-state index is 14.0. The number of benzene rings is 2. The maximum Gasteiger partial charge on any atom is 0.240 e. The van der Waals surface area contributed by atoms with E-state index in [1.165, 1.54) is 4.90 Å². The van der Waals surface area contributed by atoms with E-state index < -0.39 is 28.8 Å². The quantitative estimate of drug-likeness (QED) is 0.492. The number of aliphatic hydroxyl groups is 1. The molecule has 0 saturated carbocycles. The van der Waals surface area contributed by atoms with Crippen molar-refractivity contribution in [3.8, 4) is 0 Å². The molecule has 2 aromatic rings. The lowest BCUT2D eigenvalue weighted by molar-refractivity contribution is -0.147. The molecule has 4 rings (SSSR count). The van der Waals surface area contributed by atoms with E-state index in [2.05, 4.69) is 17.2 Å². The fourth-order valence-corrected chi connectivity index (χ4v) is 5.90. The molecule has 0 bridgehead atoms. The molecule has 2 aromatic carbocycles. The first kappa shape index (κ1) is 26.2. The standard InChI is InChI=1S/C27H29Cl2N3O4/c1-15(2)24-27(19-9-8-18(29)11-21(19)30-25(27)36)20(16-6-5-7-17(28)10-16)12-23(35)32(24)13-22(34)31-26(3,4)14-33/h5-11,20,24,33H,1,12-14H2,2-4H3,(H,30,36)(H,31,34).